The predicted molar refractivity (Wildman–Crippen MR) is 131 cm³/mol. The number of hydrogen-bond donors (Lipinski definition) is 1. The standard InChI is InChI=1S/C26H31F3N4O5/c1-16(2)10-21(24(35)30-22-8-9-32(31-22)13-20-15-36-25(3,4)38-20)33-14-19(12-23(33)34)37-18-7-5-6-17(11-18)26(27,28)29/h5-9,11-12,16,20-21H,10,13-15H2,1-4H3,(H,30,31,35)/t20-,21+/m1/s1. The minimum Gasteiger partial charge on any atom is -0.460 e. The average molecular weight is 537 g/mol. The molecule has 2 atom stereocenters. The molecule has 1 N–H and O–H groups in total. The van der Waals surface area contributed by atoms with Crippen molar-refractivity contribution in [2.75, 3.05) is 18.5 Å². The second-order valence-corrected chi connectivity index (χ2v) is 10.2. The molecule has 2 aliphatic rings. The van der Waals surface area contributed by atoms with Crippen LogP contribution in [0.5, 0.6) is 5.75 Å². The van der Waals surface area contributed by atoms with E-state index in [0.717, 1.165) is 12.1 Å². The number of aromatic nitrogens is 2. The van der Waals surface area contributed by atoms with Crippen molar-refractivity contribution in [1.29, 1.82) is 0 Å². The SMILES string of the molecule is CC(C)C[C@@H](C(=O)Nc1ccn(C[C@@H]2COC(C)(C)O2)n1)N1CC(Oc2cccc(C(F)(F)F)c2)=CC1=O. The summed E-state index contributed by atoms with van der Waals surface area (Å²) in [6, 6.07) is 5.23. The molecule has 9 nitrogen and oxygen atoms in total. The van der Waals surface area contributed by atoms with Gasteiger partial charge >= 0.3 is 6.18 Å². The number of rotatable bonds is 9. The molecule has 206 valence electrons. The summed E-state index contributed by atoms with van der Waals surface area (Å²) in [5, 5.41) is 7.15. The highest BCUT2D eigenvalue weighted by molar-refractivity contribution is 5.99. The number of anilines is 1. The molecular weight excluding hydrogens is 505 g/mol. The van der Waals surface area contributed by atoms with Crippen LogP contribution in [0, 0.1) is 5.92 Å². The van der Waals surface area contributed by atoms with Crippen LogP contribution in [-0.4, -0.2) is 57.6 Å². The third kappa shape index (κ3) is 6.93. The molecule has 4 rings (SSSR count). The van der Waals surface area contributed by atoms with Crippen LogP contribution in [0.2, 0.25) is 0 Å². The Morgan fingerprint density at radius 2 is 2.05 bits per heavy atom. The number of amides is 2. The Hall–Kier alpha value is -3.38. The summed E-state index contributed by atoms with van der Waals surface area (Å²) in [5.74, 6) is -1.03. The van der Waals surface area contributed by atoms with Crippen molar-refractivity contribution in [3.8, 4) is 5.75 Å². The Balaban J connectivity index is 1.40. The molecule has 2 aliphatic heterocycles. The normalized spacial score (nSPS) is 20.1. The van der Waals surface area contributed by atoms with Gasteiger partial charge in [-0.05, 0) is 44.4 Å². The van der Waals surface area contributed by atoms with E-state index in [4.69, 9.17) is 14.2 Å². The zero-order chi connectivity index (χ0) is 27.7. The van der Waals surface area contributed by atoms with Crippen LogP contribution in [0.4, 0.5) is 19.0 Å². The highest BCUT2D eigenvalue weighted by Crippen LogP contribution is 2.32. The topological polar surface area (TPSA) is 94.9 Å². The van der Waals surface area contributed by atoms with Crippen molar-refractivity contribution in [1.82, 2.24) is 14.7 Å². The zero-order valence-electron chi connectivity index (χ0n) is 21.6. The van der Waals surface area contributed by atoms with Crippen LogP contribution in [0.25, 0.3) is 0 Å². The van der Waals surface area contributed by atoms with Crippen molar-refractivity contribution in [2.24, 2.45) is 5.92 Å². The van der Waals surface area contributed by atoms with E-state index in [2.05, 4.69) is 10.4 Å². The highest BCUT2D eigenvalue weighted by Gasteiger charge is 2.36. The lowest BCUT2D eigenvalue weighted by atomic mass is 10.0. The second-order valence-electron chi connectivity index (χ2n) is 10.2. The summed E-state index contributed by atoms with van der Waals surface area (Å²) >= 11 is 0. The van der Waals surface area contributed by atoms with E-state index >= 15 is 0 Å². The molecule has 1 saturated heterocycles. The number of halogens is 3. The molecule has 1 aromatic carbocycles. The molecular formula is C26H31F3N4O5. The van der Waals surface area contributed by atoms with Crippen LogP contribution in [-0.2, 0) is 31.8 Å². The number of benzene rings is 1. The van der Waals surface area contributed by atoms with Gasteiger partial charge in [-0.1, -0.05) is 19.9 Å². The van der Waals surface area contributed by atoms with E-state index in [1.165, 1.54) is 23.1 Å². The molecule has 12 heteroatoms. The first-order chi connectivity index (χ1) is 17.8. The summed E-state index contributed by atoms with van der Waals surface area (Å²) in [6.45, 7) is 8.34. The summed E-state index contributed by atoms with van der Waals surface area (Å²) < 4.78 is 57.7. The Bertz CT molecular complexity index is 1210. The maximum absolute atomic E-state index is 13.3. The number of nitrogens with one attached hydrogen (secondary N) is 1. The van der Waals surface area contributed by atoms with E-state index < -0.39 is 35.4 Å². The lowest BCUT2D eigenvalue weighted by Gasteiger charge is -2.28. The minimum atomic E-state index is -4.52. The van der Waals surface area contributed by atoms with Crippen molar-refractivity contribution >= 4 is 17.6 Å². The number of carbonyl (C=O) groups excluding carboxylic acids is 2. The van der Waals surface area contributed by atoms with Gasteiger partial charge in [-0.3, -0.25) is 14.3 Å². The fourth-order valence-corrected chi connectivity index (χ4v) is 4.35. The summed E-state index contributed by atoms with van der Waals surface area (Å²) in [6.07, 6.45) is -1.42. The smallest absolute Gasteiger partial charge is 0.416 e. The molecule has 0 aliphatic carbocycles. The molecule has 0 radical (unpaired) electrons. The van der Waals surface area contributed by atoms with Gasteiger partial charge in [0, 0.05) is 18.3 Å². The third-order valence-corrected chi connectivity index (χ3v) is 6.03. The molecule has 0 saturated carbocycles. The fourth-order valence-electron chi connectivity index (χ4n) is 4.35. The van der Waals surface area contributed by atoms with Gasteiger partial charge in [0.2, 0.25) is 5.91 Å². The first-order valence-corrected chi connectivity index (χ1v) is 12.3. The molecule has 2 amide bonds. The van der Waals surface area contributed by atoms with Gasteiger partial charge in [-0.2, -0.15) is 18.3 Å². The van der Waals surface area contributed by atoms with E-state index in [-0.39, 0.29) is 30.1 Å². The Morgan fingerprint density at radius 3 is 2.71 bits per heavy atom. The fraction of sp³-hybridized carbons (Fsp3) is 0.500. The summed E-state index contributed by atoms with van der Waals surface area (Å²) in [4.78, 5) is 27.4. The van der Waals surface area contributed by atoms with Gasteiger partial charge in [0.25, 0.3) is 5.91 Å². The Labute approximate surface area is 218 Å². The third-order valence-electron chi connectivity index (χ3n) is 6.03. The van der Waals surface area contributed by atoms with Gasteiger partial charge in [-0.15, -0.1) is 0 Å². The molecule has 2 aromatic rings. The second kappa shape index (κ2) is 10.8. The lowest BCUT2D eigenvalue weighted by molar-refractivity contribution is -0.140. The predicted octanol–water partition coefficient (Wildman–Crippen LogP) is 4.21. The quantitative estimate of drug-likeness (QED) is 0.516. The number of hydrogen-bond acceptors (Lipinski definition) is 6. The molecule has 38 heavy (non-hydrogen) atoms. The van der Waals surface area contributed by atoms with Crippen molar-refractivity contribution in [3.05, 3.63) is 53.9 Å². The van der Waals surface area contributed by atoms with E-state index in [9.17, 15) is 22.8 Å². The average Bonchev–Trinajstić information content (AvgIpc) is 3.50. The van der Waals surface area contributed by atoms with Gasteiger partial charge < -0.3 is 24.4 Å². The van der Waals surface area contributed by atoms with Gasteiger partial charge in [-0.25, -0.2) is 0 Å². The minimum absolute atomic E-state index is 0.0452. The van der Waals surface area contributed by atoms with Crippen LogP contribution in [0.3, 0.4) is 0 Å². The highest BCUT2D eigenvalue weighted by atomic mass is 19.4. The molecule has 0 bridgehead atoms. The summed E-state index contributed by atoms with van der Waals surface area (Å²) in [5.41, 5.74) is -0.857. The van der Waals surface area contributed by atoms with Crippen LogP contribution in [0.1, 0.15) is 39.7 Å². The lowest BCUT2D eigenvalue weighted by Crippen LogP contribution is -2.46. The first kappa shape index (κ1) is 27.6. The van der Waals surface area contributed by atoms with Crippen molar-refractivity contribution < 1.29 is 37.0 Å². The van der Waals surface area contributed by atoms with E-state index in [1.54, 1.807) is 16.9 Å². The van der Waals surface area contributed by atoms with E-state index in [0.29, 0.717) is 25.4 Å². The molecule has 0 unspecified atom stereocenters. The largest absolute Gasteiger partial charge is 0.460 e. The maximum Gasteiger partial charge on any atom is 0.416 e. The number of nitrogens with zero attached hydrogens (tertiary/aromatic N) is 3. The summed E-state index contributed by atoms with van der Waals surface area (Å²) in [7, 11) is 0. The number of carbonyl (C=O) groups is 2. The van der Waals surface area contributed by atoms with E-state index in [1.807, 2.05) is 27.7 Å². The molecule has 1 fully saturated rings. The van der Waals surface area contributed by atoms with Crippen LogP contribution < -0.4 is 10.1 Å². The van der Waals surface area contributed by atoms with Crippen molar-refractivity contribution in [3.63, 3.8) is 0 Å². The molecule has 3 heterocycles. The van der Waals surface area contributed by atoms with Crippen LogP contribution >= 0.6 is 0 Å². The first-order valence-electron chi connectivity index (χ1n) is 12.3. The molecule has 0 spiro atoms. The maximum atomic E-state index is 13.3. The Kier molecular flexibility index (Phi) is 7.84. The van der Waals surface area contributed by atoms with Gasteiger partial charge in [0.15, 0.2) is 11.6 Å². The number of alkyl halides is 3. The monoisotopic (exact) mass is 536 g/mol. The Morgan fingerprint density at radius 1 is 1.29 bits per heavy atom. The van der Waals surface area contributed by atoms with Gasteiger partial charge in [0.1, 0.15) is 23.7 Å². The number of ether oxygens (including phenoxy) is 3. The molecule has 1 aromatic heterocycles. The van der Waals surface area contributed by atoms with Crippen molar-refractivity contribution in [2.45, 2.75) is 64.8 Å². The van der Waals surface area contributed by atoms with Gasteiger partial charge in [0.05, 0.1) is 25.3 Å². The van der Waals surface area contributed by atoms with Crippen LogP contribution in [0.15, 0.2) is 48.4 Å². The zero-order valence-corrected chi connectivity index (χ0v) is 21.6.